The quantitative estimate of drug-likeness (QED) is 0.0858. The van der Waals surface area contributed by atoms with Crippen molar-refractivity contribution < 1.29 is 41.8 Å². The Kier molecular flexibility index (Phi) is 10.5. The Morgan fingerprint density at radius 3 is 1.92 bits per heavy atom. The molecule has 0 aliphatic heterocycles. The molecular weight excluding hydrogens is 695 g/mol. The topological polar surface area (TPSA) is 124 Å². The van der Waals surface area contributed by atoms with E-state index in [1.807, 2.05) is 0 Å². The van der Waals surface area contributed by atoms with Gasteiger partial charge in [-0.2, -0.15) is 0 Å². The van der Waals surface area contributed by atoms with Crippen LogP contribution in [0.3, 0.4) is 0 Å². The van der Waals surface area contributed by atoms with Gasteiger partial charge < -0.3 is 20.8 Å². The number of carbonyl (C=O) groups is 2. The average molecular weight is 725 g/mol. The highest BCUT2D eigenvalue weighted by Gasteiger charge is 2.27. The van der Waals surface area contributed by atoms with E-state index >= 15 is 0 Å². The molecule has 0 saturated heterocycles. The number of carboxylic acids is 2. The third-order valence-corrected chi connectivity index (χ3v) is 8.32. The number of anilines is 4. The molecule has 2 aromatic heterocycles. The first kappa shape index (κ1) is 36.2. The molecule has 1 aliphatic carbocycles. The maximum atomic E-state index is 14.5. The molecule has 7 rings (SSSR count). The first-order valence-electron chi connectivity index (χ1n) is 16.1. The monoisotopic (exact) mass is 724 g/mol. The van der Waals surface area contributed by atoms with E-state index < -0.39 is 40.8 Å². The molecule has 53 heavy (non-hydrogen) atoms. The van der Waals surface area contributed by atoms with E-state index in [4.69, 9.17) is 0 Å². The Bertz CT molecular complexity index is 2330. The Labute approximate surface area is 299 Å². The molecule has 0 radical (unpaired) electrons. The third-order valence-electron chi connectivity index (χ3n) is 8.32. The molecule has 6 aromatic rings. The normalized spacial score (nSPS) is 12.0. The smallest absolute Gasteiger partial charge is 0.337 e. The second-order valence-electron chi connectivity index (χ2n) is 12.2. The number of nitrogens with one attached hydrogen (secondary N) is 2. The maximum absolute atomic E-state index is 14.5. The minimum Gasteiger partial charge on any atom is -0.478 e. The number of benzene rings is 4. The zero-order valence-corrected chi connectivity index (χ0v) is 27.8. The Hall–Kier alpha value is -6.63. The van der Waals surface area contributed by atoms with Gasteiger partial charge in [0.1, 0.15) is 17.5 Å². The van der Waals surface area contributed by atoms with Gasteiger partial charge in [0, 0.05) is 5.56 Å². The minimum absolute atomic E-state index is 0.0765. The summed E-state index contributed by atoms with van der Waals surface area (Å²) in [4.78, 5) is 31.0. The molecule has 268 valence electrons. The highest BCUT2D eigenvalue weighted by atomic mass is 19.2. The standard InChI is InChI=1S/C21H16F2N2O2.C19H13F3N2O2/c22-17-4-2-1-3-15(17)19-8-7-14(11-24-19)25-20-16(21(26)27)9-13(10-18(20)23)12-5-6-12;1-10-2-6-15(12(8-10)19(25)26)24-11-3-7-16(23-9-11)17-13(20)4-5-14(21)18(17)22/h1-4,7-12,25H,5-6H2,(H,26,27);2-9,24H,1H3,(H,25,26). The number of hydrogen-bond acceptors (Lipinski definition) is 6. The zero-order chi connectivity index (χ0) is 37.8. The lowest BCUT2D eigenvalue weighted by atomic mass is 10.0. The lowest BCUT2D eigenvalue weighted by Gasteiger charge is -2.13. The third kappa shape index (κ3) is 8.30. The molecule has 1 fully saturated rings. The van der Waals surface area contributed by atoms with E-state index in [9.17, 15) is 41.8 Å². The Morgan fingerprint density at radius 2 is 1.30 bits per heavy atom. The van der Waals surface area contributed by atoms with Crippen LogP contribution >= 0.6 is 0 Å². The number of aryl methyl sites for hydroxylation is 1. The predicted molar refractivity (Wildman–Crippen MR) is 189 cm³/mol. The van der Waals surface area contributed by atoms with Gasteiger partial charge in [0.15, 0.2) is 11.6 Å². The van der Waals surface area contributed by atoms with Gasteiger partial charge in [-0.05, 0) is 104 Å². The van der Waals surface area contributed by atoms with Gasteiger partial charge in [-0.1, -0.05) is 23.8 Å². The molecule has 8 nitrogen and oxygen atoms in total. The lowest BCUT2D eigenvalue weighted by molar-refractivity contribution is 0.0687. The van der Waals surface area contributed by atoms with Crippen molar-refractivity contribution in [3.8, 4) is 22.5 Å². The van der Waals surface area contributed by atoms with Gasteiger partial charge in [0.25, 0.3) is 0 Å². The van der Waals surface area contributed by atoms with Crippen LogP contribution in [0.2, 0.25) is 0 Å². The number of hydrogen-bond donors (Lipinski definition) is 4. The first-order valence-corrected chi connectivity index (χ1v) is 16.1. The number of rotatable bonds is 9. The molecular formula is C40H29F5N4O4. The summed E-state index contributed by atoms with van der Waals surface area (Å²) in [6, 6.07) is 21.6. The van der Waals surface area contributed by atoms with Crippen LogP contribution in [0.5, 0.6) is 0 Å². The van der Waals surface area contributed by atoms with Crippen LogP contribution in [0.25, 0.3) is 22.5 Å². The lowest BCUT2D eigenvalue weighted by Crippen LogP contribution is -2.06. The molecule has 4 aromatic carbocycles. The summed E-state index contributed by atoms with van der Waals surface area (Å²) in [7, 11) is 0. The van der Waals surface area contributed by atoms with Gasteiger partial charge in [-0.25, -0.2) is 31.5 Å². The van der Waals surface area contributed by atoms with E-state index in [1.54, 1.807) is 49.4 Å². The van der Waals surface area contributed by atoms with Crippen LogP contribution in [-0.2, 0) is 0 Å². The second kappa shape index (κ2) is 15.3. The molecule has 0 spiro atoms. The van der Waals surface area contributed by atoms with E-state index in [2.05, 4.69) is 20.6 Å². The van der Waals surface area contributed by atoms with Gasteiger partial charge in [-0.15, -0.1) is 0 Å². The van der Waals surface area contributed by atoms with Crippen molar-refractivity contribution in [2.45, 2.75) is 25.7 Å². The summed E-state index contributed by atoms with van der Waals surface area (Å²) >= 11 is 0. The predicted octanol–water partition coefficient (Wildman–Crippen LogP) is 10.3. The Morgan fingerprint density at radius 1 is 0.660 bits per heavy atom. The highest BCUT2D eigenvalue weighted by Crippen LogP contribution is 2.42. The fourth-order valence-corrected chi connectivity index (χ4v) is 5.49. The van der Waals surface area contributed by atoms with Crippen LogP contribution < -0.4 is 10.6 Å². The van der Waals surface area contributed by atoms with Crippen molar-refractivity contribution in [2.24, 2.45) is 0 Å². The van der Waals surface area contributed by atoms with Crippen molar-refractivity contribution in [2.75, 3.05) is 10.6 Å². The van der Waals surface area contributed by atoms with Crippen LogP contribution in [0.1, 0.15) is 50.6 Å². The molecule has 1 aliphatic rings. The molecule has 1 saturated carbocycles. The van der Waals surface area contributed by atoms with Crippen molar-refractivity contribution in [3.05, 3.63) is 155 Å². The summed E-state index contributed by atoms with van der Waals surface area (Å²) in [5, 5.41) is 24.4. The number of aromatic nitrogens is 2. The van der Waals surface area contributed by atoms with Crippen molar-refractivity contribution in [3.63, 3.8) is 0 Å². The van der Waals surface area contributed by atoms with Crippen molar-refractivity contribution in [1.82, 2.24) is 9.97 Å². The summed E-state index contributed by atoms with van der Waals surface area (Å²) in [6.07, 6.45) is 4.60. The molecule has 4 N–H and O–H groups in total. The number of halogens is 5. The summed E-state index contributed by atoms with van der Waals surface area (Å²) < 4.78 is 69.4. The summed E-state index contributed by atoms with van der Waals surface area (Å²) in [5.41, 5.74) is 2.69. The van der Waals surface area contributed by atoms with Crippen LogP contribution in [0.4, 0.5) is 44.7 Å². The number of aromatic carboxylic acids is 2. The summed E-state index contributed by atoms with van der Waals surface area (Å²) in [5.74, 6) is -6.46. The molecule has 0 atom stereocenters. The zero-order valence-electron chi connectivity index (χ0n) is 27.8. The Balaban J connectivity index is 0.000000182. The van der Waals surface area contributed by atoms with Crippen molar-refractivity contribution >= 4 is 34.7 Å². The van der Waals surface area contributed by atoms with Gasteiger partial charge in [0.2, 0.25) is 0 Å². The first-order chi connectivity index (χ1) is 25.4. The van der Waals surface area contributed by atoms with Gasteiger partial charge in [0.05, 0.1) is 63.2 Å². The molecule has 0 unspecified atom stereocenters. The summed E-state index contributed by atoms with van der Waals surface area (Å²) in [6.45, 7) is 1.77. The van der Waals surface area contributed by atoms with Crippen LogP contribution in [-0.4, -0.2) is 32.1 Å². The molecule has 0 bridgehead atoms. The van der Waals surface area contributed by atoms with E-state index in [0.717, 1.165) is 24.5 Å². The van der Waals surface area contributed by atoms with E-state index in [-0.39, 0.29) is 34.2 Å². The van der Waals surface area contributed by atoms with E-state index in [1.165, 1.54) is 48.8 Å². The SMILES string of the molecule is Cc1ccc(Nc2ccc(-c3c(F)ccc(F)c3F)nc2)c(C(=O)O)c1.O=C(O)c1cc(C2CC2)cc(F)c1Nc1ccc(-c2ccccc2F)nc1. The van der Waals surface area contributed by atoms with Gasteiger partial charge in [-0.3, -0.25) is 9.97 Å². The number of nitrogens with zero attached hydrogens (tertiary/aromatic N) is 2. The second-order valence-corrected chi connectivity index (χ2v) is 12.2. The molecule has 2 heterocycles. The highest BCUT2D eigenvalue weighted by molar-refractivity contribution is 5.96. The number of pyridine rings is 2. The maximum Gasteiger partial charge on any atom is 0.337 e. The van der Waals surface area contributed by atoms with Crippen LogP contribution in [0.15, 0.2) is 103 Å². The van der Waals surface area contributed by atoms with Gasteiger partial charge >= 0.3 is 11.9 Å². The molecule has 0 amide bonds. The molecule has 13 heteroatoms. The van der Waals surface area contributed by atoms with Crippen molar-refractivity contribution in [1.29, 1.82) is 0 Å². The van der Waals surface area contributed by atoms with E-state index in [0.29, 0.717) is 39.9 Å². The minimum atomic E-state index is -1.31. The largest absolute Gasteiger partial charge is 0.478 e. The fraction of sp³-hybridized carbons (Fsp3) is 0.100. The average Bonchev–Trinajstić information content (AvgIpc) is 3.99. The fourth-order valence-electron chi connectivity index (χ4n) is 5.49. The van der Waals surface area contributed by atoms with Crippen LogP contribution in [0, 0.1) is 36.0 Å². The number of carboxylic acid groups (broad SMARTS) is 2.